The van der Waals surface area contributed by atoms with Crippen LogP contribution in [0.2, 0.25) is 0 Å². The summed E-state index contributed by atoms with van der Waals surface area (Å²) < 4.78 is 0. The summed E-state index contributed by atoms with van der Waals surface area (Å²) >= 11 is 0. The molecule has 0 aromatic heterocycles. The van der Waals surface area contributed by atoms with Gasteiger partial charge in [0.05, 0.1) is 12.7 Å². The number of rotatable bonds is 9. The van der Waals surface area contributed by atoms with Gasteiger partial charge in [-0.1, -0.05) is 52.4 Å². The van der Waals surface area contributed by atoms with Gasteiger partial charge in [0.15, 0.2) is 0 Å². The van der Waals surface area contributed by atoms with Crippen LogP contribution in [-0.2, 0) is 0 Å². The van der Waals surface area contributed by atoms with Crippen LogP contribution in [0.1, 0.15) is 58.8 Å². The van der Waals surface area contributed by atoms with Crippen LogP contribution in [0.3, 0.4) is 0 Å². The van der Waals surface area contributed by atoms with Gasteiger partial charge in [0.25, 0.3) is 0 Å². The minimum absolute atomic E-state index is 0.0907. The van der Waals surface area contributed by atoms with Gasteiger partial charge >= 0.3 is 0 Å². The molecule has 2 nitrogen and oxygen atoms in total. The second-order valence-electron chi connectivity index (χ2n) is 4.16. The standard InChI is InChI=1S/C12H26O2/c1-3-11(4-2)8-6-5-7-9-12(14)10-13/h11-14H,3-10H2,1-2H3. The molecule has 0 fully saturated rings. The zero-order valence-electron chi connectivity index (χ0n) is 9.71. The SMILES string of the molecule is CCC(CC)CCCCCC(O)CO. The highest BCUT2D eigenvalue weighted by Crippen LogP contribution is 2.17. The summed E-state index contributed by atoms with van der Waals surface area (Å²) in [6.45, 7) is 4.42. The molecule has 86 valence electrons. The van der Waals surface area contributed by atoms with Crippen LogP contribution in [0, 0.1) is 5.92 Å². The molecule has 0 radical (unpaired) electrons. The van der Waals surface area contributed by atoms with Crippen LogP contribution < -0.4 is 0 Å². The van der Waals surface area contributed by atoms with Crippen LogP contribution in [0.15, 0.2) is 0 Å². The Balaban J connectivity index is 3.20. The molecule has 1 atom stereocenters. The van der Waals surface area contributed by atoms with Crippen LogP contribution >= 0.6 is 0 Å². The van der Waals surface area contributed by atoms with Crippen LogP contribution in [0.4, 0.5) is 0 Å². The molecular weight excluding hydrogens is 176 g/mol. The summed E-state index contributed by atoms with van der Waals surface area (Å²) in [5.41, 5.74) is 0. The van der Waals surface area contributed by atoms with Gasteiger partial charge < -0.3 is 10.2 Å². The van der Waals surface area contributed by atoms with E-state index in [9.17, 15) is 0 Å². The summed E-state index contributed by atoms with van der Waals surface area (Å²) in [5.74, 6) is 0.887. The average Bonchev–Trinajstić information content (AvgIpc) is 2.23. The molecule has 0 aliphatic carbocycles. The third kappa shape index (κ3) is 7.34. The Morgan fingerprint density at radius 1 is 0.929 bits per heavy atom. The summed E-state index contributed by atoms with van der Waals surface area (Å²) in [6, 6.07) is 0. The van der Waals surface area contributed by atoms with E-state index in [4.69, 9.17) is 10.2 Å². The summed E-state index contributed by atoms with van der Waals surface area (Å²) in [6.07, 6.45) is 7.65. The van der Waals surface area contributed by atoms with Crippen LogP contribution in [0.25, 0.3) is 0 Å². The lowest BCUT2D eigenvalue weighted by atomic mass is 9.96. The Bertz CT molecular complexity index is 111. The van der Waals surface area contributed by atoms with Gasteiger partial charge in [-0.25, -0.2) is 0 Å². The Kier molecular flexibility index (Phi) is 9.42. The summed E-state index contributed by atoms with van der Waals surface area (Å²) in [7, 11) is 0. The molecule has 0 aliphatic heterocycles. The van der Waals surface area contributed by atoms with Crippen molar-refractivity contribution in [2.24, 2.45) is 5.92 Å². The number of hydrogen-bond donors (Lipinski definition) is 2. The van der Waals surface area contributed by atoms with E-state index >= 15 is 0 Å². The zero-order valence-corrected chi connectivity index (χ0v) is 9.71. The van der Waals surface area contributed by atoms with E-state index in [0.29, 0.717) is 0 Å². The van der Waals surface area contributed by atoms with E-state index in [-0.39, 0.29) is 6.61 Å². The van der Waals surface area contributed by atoms with E-state index in [1.54, 1.807) is 0 Å². The fourth-order valence-electron chi connectivity index (χ4n) is 1.78. The first kappa shape index (κ1) is 13.9. The third-order valence-corrected chi connectivity index (χ3v) is 3.02. The molecule has 14 heavy (non-hydrogen) atoms. The van der Waals surface area contributed by atoms with E-state index in [0.717, 1.165) is 18.8 Å². The molecule has 0 amide bonds. The largest absolute Gasteiger partial charge is 0.394 e. The monoisotopic (exact) mass is 202 g/mol. The molecule has 0 bridgehead atoms. The van der Waals surface area contributed by atoms with Crippen molar-refractivity contribution in [1.82, 2.24) is 0 Å². The van der Waals surface area contributed by atoms with E-state index < -0.39 is 6.10 Å². The Labute approximate surface area is 88.3 Å². The molecule has 2 heteroatoms. The fourth-order valence-corrected chi connectivity index (χ4v) is 1.78. The van der Waals surface area contributed by atoms with Crippen molar-refractivity contribution in [3.05, 3.63) is 0 Å². The Morgan fingerprint density at radius 2 is 1.50 bits per heavy atom. The Hall–Kier alpha value is -0.0800. The number of aliphatic hydroxyl groups excluding tert-OH is 2. The van der Waals surface area contributed by atoms with Crippen molar-refractivity contribution in [3.8, 4) is 0 Å². The van der Waals surface area contributed by atoms with Gasteiger partial charge in [-0.2, -0.15) is 0 Å². The molecule has 0 spiro atoms. The van der Waals surface area contributed by atoms with Gasteiger partial charge in [-0.15, -0.1) is 0 Å². The second kappa shape index (κ2) is 9.47. The van der Waals surface area contributed by atoms with Crippen molar-refractivity contribution < 1.29 is 10.2 Å². The third-order valence-electron chi connectivity index (χ3n) is 3.02. The van der Waals surface area contributed by atoms with Gasteiger partial charge in [0.1, 0.15) is 0 Å². The van der Waals surface area contributed by atoms with Gasteiger partial charge in [-0.05, 0) is 12.3 Å². The van der Waals surface area contributed by atoms with Crippen LogP contribution in [0.5, 0.6) is 0 Å². The van der Waals surface area contributed by atoms with Crippen molar-refractivity contribution in [2.75, 3.05) is 6.61 Å². The minimum Gasteiger partial charge on any atom is -0.394 e. The lowest BCUT2D eigenvalue weighted by Gasteiger charge is -2.11. The Morgan fingerprint density at radius 3 is 2.00 bits per heavy atom. The molecule has 0 heterocycles. The lowest BCUT2D eigenvalue weighted by Crippen LogP contribution is -2.11. The van der Waals surface area contributed by atoms with E-state index in [2.05, 4.69) is 13.8 Å². The zero-order chi connectivity index (χ0) is 10.8. The summed E-state index contributed by atoms with van der Waals surface area (Å²) in [4.78, 5) is 0. The number of hydrogen-bond acceptors (Lipinski definition) is 2. The van der Waals surface area contributed by atoms with Crippen LogP contribution in [-0.4, -0.2) is 22.9 Å². The molecular formula is C12H26O2. The first-order valence-electron chi connectivity index (χ1n) is 6.03. The predicted molar refractivity (Wildman–Crippen MR) is 60.2 cm³/mol. The maximum Gasteiger partial charge on any atom is 0.0770 e. The van der Waals surface area contributed by atoms with E-state index in [1.807, 2.05) is 0 Å². The first-order valence-corrected chi connectivity index (χ1v) is 6.03. The highest BCUT2D eigenvalue weighted by atomic mass is 16.3. The topological polar surface area (TPSA) is 40.5 Å². The van der Waals surface area contributed by atoms with Gasteiger partial charge in [-0.3, -0.25) is 0 Å². The fraction of sp³-hybridized carbons (Fsp3) is 1.00. The maximum atomic E-state index is 9.11. The number of aliphatic hydroxyl groups is 2. The van der Waals surface area contributed by atoms with Gasteiger partial charge in [0.2, 0.25) is 0 Å². The molecule has 1 unspecified atom stereocenters. The number of unbranched alkanes of at least 4 members (excludes halogenated alkanes) is 2. The maximum absolute atomic E-state index is 9.11. The van der Waals surface area contributed by atoms with E-state index in [1.165, 1.54) is 32.1 Å². The highest BCUT2D eigenvalue weighted by molar-refractivity contribution is 4.57. The summed E-state index contributed by atoms with van der Waals surface area (Å²) in [5, 5.41) is 17.7. The van der Waals surface area contributed by atoms with Crippen molar-refractivity contribution in [3.63, 3.8) is 0 Å². The molecule has 0 aromatic rings. The smallest absolute Gasteiger partial charge is 0.0770 e. The molecule has 0 rings (SSSR count). The lowest BCUT2D eigenvalue weighted by molar-refractivity contribution is 0.0859. The predicted octanol–water partition coefficient (Wildman–Crippen LogP) is 2.73. The first-order chi connectivity index (χ1) is 6.74. The molecule has 0 aliphatic rings. The molecule has 2 N–H and O–H groups in total. The second-order valence-corrected chi connectivity index (χ2v) is 4.16. The molecule has 0 aromatic carbocycles. The van der Waals surface area contributed by atoms with Crippen molar-refractivity contribution >= 4 is 0 Å². The van der Waals surface area contributed by atoms with Crippen molar-refractivity contribution in [2.45, 2.75) is 64.9 Å². The minimum atomic E-state index is -0.497. The highest BCUT2D eigenvalue weighted by Gasteiger charge is 2.04. The average molecular weight is 202 g/mol. The normalized spacial score (nSPS) is 13.5. The van der Waals surface area contributed by atoms with Crippen molar-refractivity contribution in [1.29, 1.82) is 0 Å². The quantitative estimate of drug-likeness (QED) is 0.564. The molecule has 0 saturated heterocycles. The molecule has 0 saturated carbocycles. The van der Waals surface area contributed by atoms with Gasteiger partial charge in [0, 0.05) is 0 Å².